The standard InChI is InChI=1S/C21H32O4/c1-5-25-21(23)17(3)13-16(2)11-12-20(22)18(4)14-24-15-19-9-7-6-8-10-19/h6-10,13,16,18,20,22H,5,11-12,14-15H2,1-4H3/b17-13+/t16-,18-,20+/m1/s1. The van der Waals surface area contributed by atoms with Gasteiger partial charge in [-0.3, -0.25) is 0 Å². The molecule has 0 saturated heterocycles. The maximum Gasteiger partial charge on any atom is 0.333 e. The zero-order valence-corrected chi connectivity index (χ0v) is 15.9. The fourth-order valence-electron chi connectivity index (χ4n) is 2.59. The molecular formula is C21H32O4. The Morgan fingerprint density at radius 2 is 1.88 bits per heavy atom. The number of benzene rings is 1. The second-order valence-corrected chi connectivity index (χ2v) is 6.67. The van der Waals surface area contributed by atoms with Crippen LogP contribution in [-0.4, -0.2) is 30.4 Å². The molecule has 0 aliphatic heterocycles. The van der Waals surface area contributed by atoms with Crippen LogP contribution in [0.25, 0.3) is 0 Å². The van der Waals surface area contributed by atoms with Crippen LogP contribution in [0.3, 0.4) is 0 Å². The predicted octanol–water partition coefficient (Wildman–Crippen LogP) is 4.13. The van der Waals surface area contributed by atoms with E-state index in [1.165, 1.54) is 0 Å². The number of ether oxygens (including phenoxy) is 2. The van der Waals surface area contributed by atoms with Crippen molar-refractivity contribution in [3.05, 3.63) is 47.5 Å². The highest BCUT2D eigenvalue weighted by molar-refractivity contribution is 5.87. The lowest BCUT2D eigenvalue weighted by molar-refractivity contribution is -0.138. The van der Waals surface area contributed by atoms with Crippen LogP contribution in [0.1, 0.15) is 46.1 Å². The lowest BCUT2D eigenvalue weighted by Gasteiger charge is -2.20. The van der Waals surface area contributed by atoms with Crippen molar-refractivity contribution in [1.82, 2.24) is 0 Å². The monoisotopic (exact) mass is 348 g/mol. The van der Waals surface area contributed by atoms with Gasteiger partial charge in [-0.25, -0.2) is 4.79 Å². The first kappa shape index (κ1) is 21.4. The lowest BCUT2D eigenvalue weighted by Crippen LogP contribution is -2.23. The molecule has 3 atom stereocenters. The zero-order chi connectivity index (χ0) is 18.7. The number of allylic oxidation sites excluding steroid dienone is 1. The van der Waals surface area contributed by atoms with E-state index in [1.807, 2.05) is 50.3 Å². The van der Waals surface area contributed by atoms with Crippen molar-refractivity contribution >= 4 is 5.97 Å². The smallest absolute Gasteiger partial charge is 0.333 e. The molecule has 0 aliphatic carbocycles. The SMILES string of the molecule is CCOC(=O)/C(C)=C/[C@H](C)CC[C@H](O)[C@H](C)COCc1ccccc1. The largest absolute Gasteiger partial charge is 0.463 e. The third-order valence-corrected chi connectivity index (χ3v) is 4.20. The van der Waals surface area contributed by atoms with Crippen molar-refractivity contribution in [2.24, 2.45) is 11.8 Å². The van der Waals surface area contributed by atoms with Crippen LogP contribution in [0.4, 0.5) is 0 Å². The van der Waals surface area contributed by atoms with Gasteiger partial charge in [0.15, 0.2) is 0 Å². The highest BCUT2D eigenvalue weighted by Gasteiger charge is 2.16. The van der Waals surface area contributed by atoms with Crippen molar-refractivity contribution in [2.75, 3.05) is 13.2 Å². The summed E-state index contributed by atoms with van der Waals surface area (Å²) in [4.78, 5) is 11.6. The fourth-order valence-corrected chi connectivity index (χ4v) is 2.59. The summed E-state index contributed by atoms with van der Waals surface area (Å²) in [6, 6.07) is 10.0. The summed E-state index contributed by atoms with van der Waals surface area (Å²) in [5.41, 5.74) is 1.76. The Kier molecular flexibility index (Phi) is 10.1. The van der Waals surface area contributed by atoms with E-state index in [0.29, 0.717) is 31.8 Å². The Morgan fingerprint density at radius 1 is 1.20 bits per heavy atom. The van der Waals surface area contributed by atoms with E-state index in [2.05, 4.69) is 0 Å². The molecule has 0 bridgehead atoms. The summed E-state index contributed by atoms with van der Waals surface area (Å²) in [6.45, 7) is 9.10. The maximum absolute atomic E-state index is 11.6. The number of rotatable bonds is 11. The van der Waals surface area contributed by atoms with Gasteiger partial charge >= 0.3 is 5.97 Å². The number of carbonyl (C=O) groups is 1. The van der Waals surface area contributed by atoms with Crippen LogP contribution in [0.15, 0.2) is 42.0 Å². The quantitative estimate of drug-likeness (QED) is 0.483. The fraction of sp³-hybridized carbons (Fsp3) is 0.571. The molecule has 0 amide bonds. The second kappa shape index (κ2) is 11.8. The third kappa shape index (κ3) is 8.84. The van der Waals surface area contributed by atoms with E-state index in [1.54, 1.807) is 13.8 Å². The van der Waals surface area contributed by atoms with Crippen molar-refractivity contribution in [1.29, 1.82) is 0 Å². The number of carbonyl (C=O) groups excluding carboxylic acids is 1. The van der Waals surface area contributed by atoms with Crippen LogP contribution in [0, 0.1) is 11.8 Å². The minimum absolute atomic E-state index is 0.0750. The molecule has 0 fully saturated rings. The van der Waals surface area contributed by atoms with Crippen LogP contribution in [0.5, 0.6) is 0 Å². The van der Waals surface area contributed by atoms with E-state index in [0.717, 1.165) is 12.0 Å². The molecule has 0 unspecified atom stereocenters. The molecule has 0 heterocycles. The van der Waals surface area contributed by atoms with Gasteiger partial charge in [-0.15, -0.1) is 0 Å². The first-order chi connectivity index (χ1) is 11.9. The van der Waals surface area contributed by atoms with Crippen LogP contribution in [0.2, 0.25) is 0 Å². The highest BCUT2D eigenvalue weighted by atomic mass is 16.5. The summed E-state index contributed by atoms with van der Waals surface area (Å²) in [5, 5.41) is 10.3. The Bertz CT molecular complexity index is 524. The Hall–Kier alpha value is -1.65. The van der Waals surface area contributed by atoms with Crippen molar-refractivity contribution in [2.45, 2.75) is 53.2 Å². The van der Waals surface area contributed by atoms with Gasteiger partial charge in [0.2, 0.25) is 0 Å². The molecule has 1 N–H and O–H groups in total. The summed E-state index contributed by atoms with van der Waals surface area (Å²) < 4.78 is 10.7. The van der Waals surface area contributed by atoms with Gasteiger partial charge in [-0.2, -0.15) is 0 Å². The minimum atomic E-state index is -0.408. The van der Waals surface area contributed by atoms with Gasteiger partial charge in [0.05, 0.1) is 25.9 Å². The van der Waals surface area contributed by atoms with Crippen molar-refractivity contribution in [3.63, 3.8) is 0 Å². The van der Waals surface area contributed by atoms with E-state index in [-0.39, 0.29) is 17.8 Å². The van der Waals surface area contributed by atoms with Gasteiger partial charge in [-0.1, -0.05) is 50.3 Å². The number of aliphatic hydroxyl groups excluding tert-OH is 1. The van der Waals surface area contributed by atoms with Crippen LogP contribution < -0.4 is 0 Å². The molecular weight excluding hydrogens is 316 g/mol. The van der Waals surface area contributed by atoms with E-state index >= 15 is 0 Å². The topological polar surface area (TPSA) is 55.8 Å². The van der Waals surface area contributed by atoms with Crippen LogP contribution in [-0.2, 0) is 20.9 Å². The molecule has 25 heavy (non-hydrogen) atoms. The number of hydrogen-bond donors (Lipinski definition) is 1. The minimum Gasteiger partial charge on any atom is -0.463 e. The van der Waals surface area contributed by atoms with Gasteiger partial charge in [-0.05, 0) is 38.2 Å². The predicted molar refractivity (Wildman–Crippen MR) is 100 cm³/mol. The zero-order valence-electron chi connectivity index (χ0n) is 15.9. The molecule has 0 aromatic heterocycles. The summed E-state index contributed by atoms with van der Waals surface area (Å²) in [7, 11) is 0. The normalized spacial score (nSPS) is 15.5. The van der Waals surface area contributed by atoms with E-state index in [9.17, 15) is 9.90 Å². The first-order valence-corrected chi connectivity index (χ1v) is 9.09. The van der Waals surface area contributed by atoms with Crippen LogP contribution >= 0.6 is 0 Å². The highest BCUT2D eigenvalue weighted by Crippen LogP contribution is 2.17. The lowest BCUT2D eigenvalue weighted by atomic mass is 9.95. The molecule has 1 aromatic rings. The first-order valence-electron chi connectivity index (χ1n) is 9.09. The summed E-state index contributed by atoms with van der Waals surface area (Å²) in [5.74, 6) is 0.0279. The van der Waals surface area contributed by atoms with E-state index in [4.69, 9.17) is 9.47 Å². The molecule has 4 nitrogen and oxygen atoms in total. The number of hydrogen-bond acceptors (Lipinski definition) is 4. The molecule has 0 spiro atoms. The van der Waals surface area contributed by atoms with Gasteiger partial charge in [0.25, 0.3) is 0 Å². The Morgan fingerprint density at radius 3 is 2.52 bits per heavy atom. The van der Waals surface area contributed by atoms with Gasteiger partial charge in [0.1, 0.15) is 0 Å². The Labute approximate surface area is 151 Å². The average Bonchev–Trinajstić information content (AvgIpc) is 2.60. The average molecular weight is 348 g/mol. The molecule has 1 aromatic carbocycles. The Balaban J connectivity index is 2.28. The molecule has 140 valence electrons. The number of esters is 1. The molecule has 4 heteroatoms. The van der Waals surface area contributed by atoms with E-state index < -0.39 is 6.10 Å². The molecule has 0 radical (unpaired) electrons. The molecule has 0 saturated carbocycles. The summed E-state index contributed by atoms with van der Waals surface area (Å²) in [6.07, 6.45) is 3.01. The molecule has 0 aliphatic rings. The molecule has 1 rings (SSSR count). The maximum atomic E-state index is 11.6. The number of aliphatic hydroxyl groups is 1. The summed E-state index contributed by atoms with van der Waals surface area (Å²) >= 11 is 0. The van der Waals surface area contributed by atoms with Gasteiger partial charge < -0.3 is 14.6 Å². The van der Waals surface area contributed by atoms with Gasteiger partial charge in [0, 0.05) is 11.5 Å². The third-order valence-electron chi connectivity index (χ3n) is 4.20. The van der Waals surface area contributed by atoms with Crippen molar-refractivity contribution < 1.29 is 19.4 Å². The second-order valence-electron chi connectivity index (χ2n) is 6.67. The van der Waals surface area contributed by atoms with Crippen molar-refractivity contribution in [3.8, 4) is 0 Å².